The summed E-state index contributed by atoms with van der Waals surface area (Å²) in [5.74, 6) is 0.774. The molecule has 0 fully saturated rings. The third-order valence-corrected chi connectivity index (χ3v) is 2.00. The van der Waals surface area contributed by atoms with Gasteiger partial charge < -0.3 is 0 Å². The Balaban J connectivity index is 0.00000121. The van der Waals surface area contributed by atoms with Gasteiger partial charge in [0.25, 0.3) is 0 Å². The maximum Gasteiger partial charge on any atom is 1.00 e. The molecule has 0 atom stereocenters. The van der Waals surface area contributed by atoms with Gasteiger partial charge in [-0.25, -0.2) is 0 Å². The topological polar surface area (TPSA) is 32.3 Å². The second kappa shape index (κ2) is 6.01. The van der Waals surface area contributed by atoms with E-state index in [9.17, 15) is 5.11 Å². The largest absolute Gasteiger partial charge is 1.00 e. The average Bonchev–Trinajstić information content (AvgIpc) is 2.05. The van der Waals surface area contributed by atoms with E-state index in [0.717, 1.165) is 11.3 Å². The van der Waals surface area contributed by atoms with Crippen molar-refractivity contribution in [1.29, 1.82) is 0 Å². The van der Waals surface area contributed by atoms with E-state index in [1.54, 1.807) is 31.4 Å². The third kappa shape index (κ3) is 3.47. The summed E-state index contributed by atoms with van der Waals surface area (Å²) >= 11 is 1.47. The predicted molar refractivity (Wildman–Crippen MR) is 42.9 cm³/mol. The predicted octanol–water partition coefficient (Wildman–Crippen LogP) is -3.29. The SMILES string of the molecule is COc1ccc(C([O-])=[Te])cc1.[Na+]. The minimum absolute atomic E-state index is 0. The van der Waals surface area contributed by atoms with Gasteiger partial charge in [-0.2, -0.15) is 0 Å². The Bertz CT molecular complexity index is 258. The second-order valence-electron chi connectivity index (χ2n) is 2.02. The van der Waals surface area contributed by atoms with Crippen LogP contribution >= 0.6 is 0 Å². The Labute approximate surface area is 107 Å². The van der Waals surface area contributed by atoms with E-state index in [1.807, 2.05) is 0 Å². The van der Waals surface area contributed by atoms with Gasteiger partial charge in [0.2, 0.25) is 0 Å². The van der Waals surface area contributed by atoms with Crippen molar-refractivity contribution in [2.75, 3.05) is 7.11 Å². The summed E-state index contributed by atoms with van der Waals surface area (Å²) in [6.07, 6.45) is 0. The molecule has 0 bridgehead atoms. The summed E-state index contributed by atoms with van der Waals surface area (Å²) in [4.78, 5) is 0. The monoisotopic (exact) mass is 288 g/mol. The Kier molecular flexibility index (Phi) is 6.25. The molecule has 4 heteroatoms. The Morgan fingerprint density at radius 2 is 1.83 bits per heavy atom. The molecule has 1 aromatic carbocycles. The van der Waals surface area contributed by atoms with Crippen LogP contribution in [0.5, 0.6) is 5.75 Å². The zero-order chi connectivity index (χ0) is 8.27. The van der Waals surface area contributed by atoms with Crippen LogP contribution in [0.2, 0.25) is 0 Å². The molecule has 0 amide bonds. The van der Waals surface area contributed by atoms with Crippen molar-refractivity contribution >= 4 is 25.6 Å². The van der Waals surface area contributed by atoms with Crippen molar-refractivity contribution in [3.05, 3.63) is 29.8 Å². The van der Waals surface area contributed by atoms with E-state index < -0.39 is 0 Å². The van der Waals surface area contributed by atoms with E-state index in [2.05, 4.69) is 0 Å². The van der Waals surface area contributed by atoms with Crippen LogP contribution in [-0.2, 0) is 0 Å². The molecule has 0 unspecified atom stereocenters. The van der Waals surface area contributed by atoms with Gasteiger partial charge in [0.1, 0.15) is 0 Å². The average molecular weight is 286 g/mol. The fraction of sp³-hybridized carbons (Fsp3) is 0.125. The molecule has 2 nitrogen and oxygen atoms in total. The summed E-state index contributed by atoms with van der Waals surface area (Å²) in [7, 11) is 1.60. The van der Waals surface area contributed by atoms with Crippen molar-refractivity contribution in [2.45, 2.75) is 0 Å². The van der Waals surface area contributed by atoms with Crippen LogP contribution in [0.3, 0.4) is 0 Å². The van der Waals surface area contributed by atoms with Gasteiger partial charge in [0, 0.05) is 0 Å². The molecule has 12 heavy (non-hydrogen) atoms. The van der Waals surface area contributed by atoms with Crippen molar-refractivity contribution in [1.82, 2.24) is 0 Å². The molecule has 0 aliphatic rings. The molecular weight excluding hydrogens is 279 g/mol. The smallest absolute Gasteiger partial charge is 1.00 e. The minimum atomic E-state index is 0. The molecule has 0 radical (unpaired) electrons. The zero-order valence-corrected chi connectivity index (χ0v) is 11.4. The van der Waals surface area contributed by atoms with Crippen LogP contribution in [0.15, 0.2) is 24.3 Å². The number of benzene rings is 1. The van der Waals surface area contributed by atoms with E-state index in [0.29, 0.717) is 0 Å². The van der Waals surface area contributed by atoms with E-state index >= 15 is 0 Å². The van der Waals surface area contributed by atoms with Crippen molar-refractivity contribution in [3.63, 3.8) is 0 Å². The summed E-state index contributed by atoms with van der Waals surface area (Å²) in [5.41, 5.74) is 0.718. The molecule has 0 heterocycles. The Morgan fingerprint density at radius 3 is 2.17 bits per heavy atom. The zero-order valence-electron chi connectivity index (χ0n) is 7.03. The van der Waals surface area contributed by atoms with Gasteiger partial charge in [0.15, 0.2) is 0 Å². The van der Waals surface area contributed by atoms with Crippen molar-refractivity contribution < 1.29 is 39.4 Å². The number of methoxy groups -OCH3 is 1. The van der Waals surface area contributed by atoms with Gasteiger partial charge in [-0.1, -0.05) is 0 Å². The van der Waals surface area contributed by atoms with Crippen LogP contribution in [0.25, 0.3) is 0 Å². The number of hydrogen-bond acceptors (Lipinski definition) is 2. The quantitative estimate of drug-likeness (QED) is 0.534. The molecule has 0 saturated heterocycles. The standard InChI is InChI=1S/C8H8O2Te.Na/c1-10-7-4-2-6(3-5-7)8(9)11;/h2-5H,1H3,(H,9,11);/q;+1/p-1. The first-order valence-corrected chi connectivity index (χ1v) is 4.26. The van der Waals surface area contributed by atoms with Crippen molar-refractivity contribution in [2.24, 2.45) is 0 Å². The minimum Gasteiger partial charge on any atom is 1.00 e. The first kappa shape index (κ1) is 12.5. The molecule has 0 N–H and O–H groups in total. The first-order valence-electron chi connectivity index (χ1n) is 3.09. The molecule has 58 valence electrons. The van der Waals surface area contributed by atoms with Gasteiger partial charge in [-0.3, -0.25) is 0 Å². The third-order valence-electron chi connectivity index (χ3n) is 1.33. The second-order valence-corrected chi connectivity index (χ2v) is 3.07. The first-order chi connectivity index (χ1) is 5.24. The summed E-state index contributed by atoms with van der Waals surface area (Å²) in [6, 6.07) is 7.06. The Hall–Kier alpha value is 0.480. The van der Waals surface area contributed by atoms with Crippen LogP contribution in [0.4, 0.5) is 0 Å². The fourth-order valence-electron chi connectivity index (χ4n) is 0.727. The molecule has 1 rings (SSSR count). The summed E-state index contributed by atoms with van der Waals surface area (Å²) < 4.78 is 5.02. The Morgan fingerprint density at radius 1 is 1.33 bits per heavy atom. The summed E-state index contributed by atoms with van der Waals surface area (Å²) in [5, 5.41) is 10.8. The maximum atomic E-state index is 10.8. The maximum absolute atomic E-state index is 10.8. The van der Waals surface area contributed by atoms with Crippen molar-refractivity contribution in [3.8, 4) is 5.75 Å². The van der Waals surface area contributed by atoms with Gasteiger partial charge in [-0.05, 0) is 0 Å². The molecule has 0 aliphatic heterocycles. The molecule has 0 aromatic heterocycles. The molecule has 0 saturated carbocycles. The number of ether oxygens (including phenoxy) is 1. The van der Waals surface area contributed by atoms with E-state index in [1.165, 1.54) is 21.8 Å². The normalized spacial score (nSPS) is 8.42. The van der Waals surface area contributed by atoms with Crippen LogP contribution in [0, 0.1) is 0 Å². The summed E-state index contributed by atoms with van der Waals surface area (Å²) in [6.45, 7) is 0. The van der Waals surface area contributed by atoms with E-state index in [4.69, 9.17) is 4.74 Å². The molecule has 0 aliphatic carbocycles. The van der Waals surface area contributed by atoms with Gasteiger partial charge >= 0.3 is 108 Å². The number of hydrogen-bond donors (Lipinski definition) is 0. The molecular formula is C8H7NaO2Te. The van der Waals surface area contributed by atoms with Gasteiger partial charge in [0.05, 0.1) is 0 Å². The van der Waals surface area contributed by atoms with Crippen LogP contribution < -0.4 is 39.4 Å². The number of rotatable bonds is 2. The molecule has 1 aromatic rings. The van der Waals surface area contributed by atoms with Crippen LogP contribution in [0.1, 0.15) is 5.56 Å². The van der Waals surface area contributed by atoms with E-state index in [-0.39, 0.29) is 33.3 Å². The van der Waals surface area contributed by atoms with Crippen LogP contribution in [-0.4, -0.2) is 32.7 Å². The van der Waals surface area contributed by atoms with Gasteiger partial charge in [-0.15, -0.1) is 0 Å². The fourth-order valence-corrected chi connectivity index (χ4v) is 1.12. The molecule has 0 spiro atoms.